The predicted molar refractivity (Wildman–Crippen MR) is 109 cm³/mol. The van der Waals surface area contributed by atoms with Crippen molar-refractivity contribution in [2.75, 3.05) is 18.4 Å². The van der Waals surface area contributed by atoms with Crippen molar-refractivity contribution in [3.63, 3.8) is 0 Å². The van der Waals surface area contributed by atoms with Gasteiger partial charge in [0.2, 0.25) is 5.91 Å². The molecule has 0 spiro atoms. The van der Waals surface area contributed by atoms with Crippen LogP contribution in [0.1, 0.15) is 54.4 Å². The van der Waals surface area contributed by atoms with Crippen LogP contribution in [0.5, 0.6) is 0 Å². The van der Waals surface area contributed by atoms with Crippen molar-refractivity contribution in [3.8, 4) is 0 Å². The second-order valence-electron chi connectivity index (χ2n) is 7.17. The number of hydrogen-bond donors (Lipinski definition) is 1. The lowest BCUT2D eigenvalue weighted by Crippen LogP contribution is -2.31. The van der Waals surface area contributed by atoms with E-state index in [-0.39, 0.29) is 11.8 Å². The number of likely N-dealkylation sites (tertiary alicyclic amines) is 1. The van der Waals surface area contributed by atoms with Crippen LogP contribution in [0.25, 0.3) is 0 Å². The normalized spacial score (nSPS) is 14.4. The molecule has 0 saturated carbocycles. The first-order valence-electron chi connectivity index (χ1n) is 9.95. The summed E-state index contributed by atoms with van der Waals surface area (Å²) < 4.78 is 0. The Balaban J connectivity index is 1.52. The van der Waals surface area contributed by atoms with Gasteiger partial charge in [-0.1, -0.05) is 49.2 Å². The summed E-state index contributed by atoms with van der Waals surface area (Å²) in [4.78, 5) is 26.9. The zero-order valence-electron chi connectivity index (χ0n) is 15.8. The summed E-state index contributed by atoms with van der Waals surface area (Å²) >= 11 is 0. The number of carbonyl (C=O) groups excluding carboxylic acids is 2. The standard InChI is InChI=1S/C23H28N2O2/c26-22(15-8-12-19-10-4-3-5-11-19)24-21-14-9-13-20(18-21)23(27)25-16-6-1-2-7-17-25/h3-5,9-11,13-14,18H,1-2,6-8,12,15-17H2,(H,24,26). The molecule has 2 amide bonds. The first-order valence-corrected chi connectivity index (χ1v) is 9.95. The van der Waals surface area contributed by atoms with E-state index >= 15 is 0 Å². The minimum Gasteiger partial charge on any atom is -0.339 e. The van der Waals surface area contributed by atoms with Gasteiger partial charge in [-0.2, -0.15) is 0 Å². The first-order chi connectivity index (χ1) is 13.2. The van der Waals surface area contributed by atoms with E-state index in [1.165, 1.54) is 18.4 Å². The number of amides is 2. The Labute approximate surface area is 161 Å². The molecule has 1 aliphatic heterocycles. The Morgan fingerprint density at radius 1 is 0.889 bits per heavy atom. The highest BCUT2D eigenvalue weighted by atomic mass is 16.2. The molecule has 27 heavy (non-hydrogen) atoms. The van der Waals surface area contributed by atoms with Crippen LogP contribution in [0.4, 0.5) is 5.69 Å². The van der Waals surface area contributed by atoms with E-state index in [4.69, 9.17) is 0 Å². The van der Waals surface area contributed by atoms with Gasteiger partial charge in [-0.05, 0) is 49.4 Å². The van der Waals surface area contributed by atoms with Gasteiger partial charge in [0.25, 0.3) is 5.91 Å². The van der Waals surface area contributed by atoms with Crippen molar-refractivity contribution in [1.82, 2.24) is 4.90 Å². The lowest BCUT2D eigenvalue weighted by Gasteiger charge is -2.20. The molecule has 1 N–H and O–H groups in total. The SMILES string of the molecule is O=C(CCCc1ccccc1)Nc1cccc(C(=O)N2CCCCCC2)c1. The number of rotatable bonds is 6. The Hall–Kier alpha value is -2.62. The van der Waals surface area contributed by atoms with Crippen molar-refractivity contribution in [2.45, 2.75) is 44.9 Å². The lowest BCUT2D eigenvalue weighted by molar-refractivity contribution is -0.116. The Morgan fingerprint density at radius 3 is 2.37 bits per heavy atom. The van der Waals surface area contributed by atoms with E-state index in [2.05, 4.69) is 17.4 Å². The smallest absolute Gasteiger partial charge is 0.253 e. The summed E-state index contributed by atoms with van der Waals surface area (Å²) in [5.41, 5.74) is 2.59. The molecule has 1 aliphatic rings. The third kappa shape index (κ3) is 5.95. The summed E-state index contributed by atoms with van der Waals surface area (Å²) in [6, 6.07) is 17.5. The quantitative estimate of drug-likeness (QED) is 0.810. The molecular formula is C23H28N2O2. The van der Waals surface area contributed by atoms with Gasteiger partial charge in [0.15, 0.2) is 0 Å². The van der Waals surface area contributed by atoms with Crippen molar-refractivity contribution in [3.05, 3.63) is 65.7 Å². The van der Waals surface area contributed by atoms with Gasteiger partial charge >= 0.3 is 0 Å². The highest BCUT2D eigenvalue weighted by molar-refractivity contribution is 5.97. The van der Waals surface area contributed by atoms with Gasteiger partial charge in [-0.15, -0.1) is 0 Å². The Bertz CT molecular complexity index is 750. The number of nitrogens with one attached hydrogen (secondary N) is 1. The minimum absolute atomic E-state index is 0.00898. The number of hydrogen-bond acceptors (Lipinski definition) is 2. The summed E-state index contributed by atoms with van der Waals surface area (Å²) in [6.45, 7) is 1.66. The topological polar surface area (TPSA) is 49.4 Å². The molecular weight excluding hydrogens is 336 g/mol. The second-order valence-corrected chi connectivity index (χ2v) is 7.17. The van der Waals surface area contributed by atoms with Gasteiger partial charge < -0.3 is 10.2 Å². The van der Waals surface area contributed by atoms with Crippen LogP contribution in [-0.4, -0.2) is 29.8 Å². The van der Waals surface area contributed by atoms with Crippen LogP contribution < -0.4 is 5.32 Å². The fraction of sp³-hybridized carbons (Fsp3) is 0.391. The van der Waals surface area contributed by atoms with Gasteiger partial charge in [-0.25, -0.2) is 0 Å². The van der Waals surface area contributed by atoms with E-state index in [1.54, 1.807) is 6.07 Å². The molecule has 3 rings (SSSR count). The fourth-order valence-electron chi connectivity index (χ4n) is 3.51. The van der Waals surface area contributed by atoms with E-state index < -0.39 is 0 Å². The van der Waals surface area contributed by atoms with Gasteiger partial charge in [0.05, 0.1) is 0 Å². The van der Waals surface area contributed by atoms with E-state index in [0.29, 0.717) is 17.7 Å². The number of anilines is 1. The maximum atomic E-state index is 12.7. The van der Waals surface area contributed by atoms with Crippen LogP contribution in [0.2, 0.25) is 0 Å². The Kier molecular flexibility index (Phi) is 7.03. The third-order valence-electron chi connectivity index (χ3n) is 5.00. The zero-order chi connectivity index (χ0) is 18.9. The summed E-state index contributed by atoms with van der Waals surface area (Å²) in [7, 11) is 0. The molecule has 0 atom stereocenters. The molecule has 142 valence electrons. The fourth-order valence-corrected chi connectivity index (χ4v) is 3.51. The van der Waals surface area contributed by atoms with Crippen molar-refractivity contribution in [2.24, 2.45) is 0 Å². The highest BCUT2D eigenvalue weighted by Crippen LogP contribution is 2.17. The van der Waals surface area contributed by atoms with Crippen molar-refractivity contribution < 1.29 is 9.59 Å². The van der Waals surface area contributed by atoms with Gasteiger partial charge in [0, 0.05) is 30.8 Å². The lowest BCUT2D eigenvalue weighted by atomic mass is 10.1. The molecule has 0 unspecified atom stereocenters. The summed E-state index contributed by atoms with van der Waals surface area (Å²) in [6.07, 6.45) is 6.71. The molecule has 1 heterocycles. The molecule has 4 heteroatoms. The summed E-state index contributed by atoms with van der Waals surface area (Å²) in [5.74, 6) is 0.0578. The molecule has 1 saturated heterocycles. The molecule has 2 aromatic carbocycles. The average molecular weight is 364 g/mol. The number of carbonyl (C=O) groups is 2. The van der Waals surface area contributed by atoms with Gasteiger partial charge in [-0.3, -0.25) is 9.59 Å². The van der Waals surface area contributed by atoms with Crippen LogP contribution in [0.15, 0.2) is 54.6 Å². The monoisotopic (exact) mass is 364 g/mol. The molecule has 0 radical (unpaired) electrons. The van der Waals surface area contributed by atoms with Crippen molar-refractivity contribution >= 4 is 17.5 Å². The number of aryl methyl sites for hydroxylation is 1. The number of nitrogens with zero attached hydrogens (tertiary/aromatic N) is 1. The maximum absolute atomic E-state index is 12.7. The average Bonchev–Trinajstić information content (AvgIpc) is 2.98. The first kappa shape index (κ1) is 19.2. The van der Waals surface area contributed by atoms with Crippen LogP contribution >= 0.6 is 0 Å². The molecule has 0 bridgehead atoms. The predicted octanol–water partition coefficient (Wildman–Crippen LogP) is 4.66. The van der Waals surface area contributed by atoms with Crippen LogP contribution in [0.3, 0.4) is 0 Å². The largest absolute Gasteiger partial charge is 0.339 e. The highest BCUT2D eigenvalue weighted by Gasteiger charge is 2.17. The van der Waals surface area contributed by atoms with E-state index in [1.807, 2.05) is 41.3 Å². The molecule has 1 fully saturated rings. The van der Waals surface area contributed by atoms with E-state index in [0.717, 1.165) is 38.8 Å². The van der Waals surface area contributed by atoms with Crippen molar-refractivity contribution in [1.29, 1.82) is 0 Å². The van der Waals surface area contributed by atoms with E-state index in [9.17, 15) is 9.59 Å². The molecule has 4 nitrogen and oxygen atoms in total. The minimum atomic E-state index is -0.00898. The maximum Gasteiger partial charge on any atom is 0.253 e. The Morgan fingerprint density at radius 2 is 1.63 bits per heavy atom. The molecule has 0 aromatic heterocycles. The zero-order valence-corrected chi connectivity index (χ0v) is 15.8. The van der Waals surface area contributed by atoms with Crippen LogP contribution in [0, 0.1) is 0 Å². The van der Waals surface area contributed by atoms with Gasteiger partial charge in [0.1, 0.15) is 0 Å². The molecule has 2 aromatic rings. The third-order valence-corrected chi connectivity index (χ3v) is 5.00. The number of benzene rings is 2. The molecule has 0 aliphatic carbocycles. The second kappa shape index (κ2) is 9.91. The van der Waals surface area contributed by atoms with Crippen LogP contribution in [-0.2, 0) is 11.2 Å². The summed E-state index contributed by atoms with van der Waals surface area (Å²) in [5, 5.41) is 2.93.